The van der Waals surface area contributed by atoms with Gasteiger partial charge >= 0.3 is 7.12 Å². The van der Waals surface area contributed by atoms with Crippen molar-refractivity contribution in [3.05, 3.63) is 24.3 Å². The highest BCUT2D eigenvalue weighted by atomic mass is 17.2. The average molecular weight is 310 g/mol. The van der Waals surface area contributed by atoms with Gasteiger partial charge in [0.15, 0.2) is 0 Å². The molecule has 0 saturated carbocycles. The molecule has 5 nitrogen and oxygen atoms in total. The Bertz CT molecular complexity index is 367. The fourth-order valence-electron chi connectivity index (χ4n) is 2.29. The normalized spacial score (nSPS) is 10.7. The van der Waals surface area contributed by atoms with Crippen molar-refractivity contribution >= 4 is 12.6 Å². The van der Waals surface area contributed by atoms with Crippen molar-refractivity contribution in [3.8, 4) is 5.75 Å². The van der Waals surface area contributed by atoms with Gasteiger partial charge in [-0.1, -0.05) is 64.0 Å². The largest absolute Gasteiger partial charge is 0.554 e. The van der Waals surface area contributed by atoms with E-state index in [0.29, 0.717) is 12.1 Å². The van der Waals surface area contributed by atoms with E-state index in [9.17, 15) is 0 Å². The van der Waals surface area contributed by atoms with Crippen LogP contribution in [-0.4, -0.2) is 24.2 Å². The molecule has 22 heavy (non-hydrogen) atoms. The second kappa shape index (κ2) is 12.5. The molecule has 0 amide bonds. The molecule has 0 heterocycles. The van der Waals surface area contributed by atoms with E-state index in [-0.39, 0.29) is 0 Å². The number of hydrogen-bond donors (Lipinski definition) is 2. The van der Waals surface area contributed by atoms with Crippen LogP contribution in [0.2, 0.25) is 0 Å². The molecule has 0 spiro atoms. The Morgan fingerprint density at radius 3 is 1.91 bits per heavy atom. The second-order valence-corrected chi connectivity index (χ2v) is 5.44. The Hall–Kier alpha value is -1.08. The molecule has 0 aliphatic rings. The molecule has 1 aromatic rings. The van der Waals surface area contributed by atoms with Crippen LogP contribution in [0.25, 0.3) is 0 Å². The molecule has 0 unspecified atom stereocenters. The third kappa shape index (κ3) is 7.80. The first-order valence-corrected chi connectivity index (χ1v) is 8.15. The van der Waals surface area contributed by atoms with Gasteiger partial charge in [-0.2, -0.15) is 0 Å². The smallest absolute Gasteiger partial charge is 0.494 e. The molecule has 0 bridgehead atoms. The van der Waals surface area contributed by atoms with Gasteiger partial charge in [-0.25, -0.2) is 0 Å². The predicted molar refractivity (Wildman–Crippen MR) is 87.4 cm³/mol. The number of unbranched alkanes of at least 4 members (excludes halogenated alkanes) is 7. The molecule has 0 aromatic heterocycles. The third-order valence-electron chi connectivity index (χ3n) is 3.61. The van der Waals surface area contributed by atoms with E-state index in [4.69, 9.17) is 15.3 Å². The SMILES string of the molecule is CCCCCCCCCCOc1ccc(B(OO)OO)cc1. The van der Waals surface area contributed by atoms with Crippen LogP contribution < -0.4 is 10.2 Å². The lowest BCUT2D eigenvalue weighted by molar-refractivity contribution is -0.221. The van der Waals surface area contributed by atoms with Gasteiger partial charge in [0.1, 0.15) is 5.75 Å². The summed E-state index contributed by atoms with van der Waals surface area (Å²) < 4.78 is 5.65. The predicted octanol–water partition coefficient (Wildman–Crippen LogP) is 3.88. The Balaban J connectivity index is 2.10. The van der Waals surface area contributed by atoms with Crippen LogP contribution in [0.3, 0.4) is 0 Å². The molecule has 0 fully saturated rings. The van der Waals surface area contributed by atoms with E-state index >= 15 is 0 Å². The fourth-order valence-corrected chi connectivity index (χ4v) is 2.29. The quantitative estimate of drug-likeness (QED) is 0.250. The van der Waals surface area contributed by atoms with Gasteiger partial charge in [0.2, 0.25) is 0 Å². The number of rotatable bonds is 13. The lowest BCUT2D eigenvalue weighted by Gasteiger charge is -2.08. The van der Waals surface area contributed by atoms with Gasteiger partial charge in [0.25, 0.3) is 0 Å². The van der Waals surface area contributed by atoms with Crippen LogP contribution in [0.4, 0.5) is 0 Å². The summed E-state index contributed by atoms with van der Waals surface area (Å²) in [6.07, 6.45) is 10.2. The highest BCUT2D eigenvalue weighted by molar-refractivity contribution is 6.60. The first-order chi connectivity index (χ1) is 10.8. The average Bonchev–Trinajstić information content (AvgIpc) is 2.56. The fraction of sp³-hybridized carbons (Fsp3) is 0.625. The van der Waals surface area contributed by atoms with Crippen molar-refractivity contribution in [3.63, 3.8) is 0 Å². The van der Waals surface area contributed by atoms with E-state index in [2.05, 4.69) is 16.5 Å². The molecule has 1 rings (SSSR count). The van der Waals surface area contributed by atoms with Gasteiger partial charge < -0.3 is 4.74 Å². The molecule has 0 saturated heterocycles. The van der Waals surface area contributed by atoms with Crippen LogP contribution in [-0.2, 0) is 9.61 Å². The number of hydrogen-bond acceptors (Lipinski definition) is 5. The zero-order chi connectivity index (χ0) is 16.0. The van der Waals surface area contributed by atoms with Crippen molar-refractivity contribution in [1.29, 1.82) is 0 Å². The molecule has 0 aliphatic carbocycles. The van der Waals surface area contributed by atoms with Gasteiger partial charge in [-0.05, 0) is 24.0 Å². The van der Waals surface area contributed by atoms with Crippen LogP contribution >= 0.6 is 0 Å². The van der Waals surface area contributed by atoms with Crippen LogP contribution in [0.5, 0.6) is 5.75 Å². The topological polar surface area (TPSA) is 68.2 Å². The summed E-state index contributed by atoms with van der Waals surface area (Å²) in [4.78, 5) is 7.95. The van der Waals surface area contributed by atoms with Gasteiger partial charge in [0.05, 0.1) is 6.61 Å². The lowest BCUT2D eigenvalue weighted by atomic mass is 9.80. The standard InChI is InChI=1S/C16H27BO5/c1-2-3-4-5-6-7-8-9-14-20-16-12-10-15(11-13-16)17(21-18)22-19/h10-13,18-19H,2-9,14H2,1H3. The molecule has 124 valence electrons. The van der Waals surface area contributed by atoms with E-state index < -0.39 is 7.12 Å². The van der Waals surface area contributed by atoms with Crippen molar-refractivity contribution in [2.24, 2.45) is 0 Å². The van der Waals surface area contributed by atoms with Crippen molar-refractivity contribution < 1.29 is 24.9 Å². The van der Waals surface area contributed by atoms with Gasteiger partial charge in [-0.3, -0.25) is 20.1 Å². The minimum atomic E-state index is -1.19. The summed E-state index contributed by atoms with van der Waals surface area (Å²) in [5.41, 5.74) is 0.504. The minimum absolute atomic E-state index is 0.504. The Kier molecular flexibility index (Phi) is 10.8. The van der Waals surface area contributed by atoms with Gasteiger partial charge in [0, 0.05) is 0 Å². The van der Waals surface area contributed by atoms with Crippen molar-refractivity contribution in [2.75, 3.05) is 6.61 Å². The highest BCUT2D eigenvalue weighted by Crippen LogP contribution is 2.11. The summed E-state index contributed by atoms with van der Waals surface area (Å²) in [6.45, 7) is 2.93. The second-order valence-electron chi connectivity index (χ2n) is 5.44. The summed E-state index contributed by atoms with van der Waals surface area (Å²) in [5, 5.41) is 17.0. The summed E-state index contributed by atoms with van der Waals surface area (Å²) >= 11 is 0. The molecular weight excluding hydrogens is 283 g/mol. The van der Waals surface area contributed by atoms with E-state index in [1.807, 2.05) is 0 Å². The van der Waals surface area contributed by atoms with E-state index in [0.717, 1.165) is 12.2 Å². The highest BCUT2D eigenvalue weighted by Gasteiger charge is 2.21. The van der Waals surface area contributed by atoms with Crippen LogP contribution in [0, 0.1) is 0 Å². The Morgan fingerprint density at radius 2 is 1.36 bits per heavy atom. The van der Waals surface area contributed by atoms with Crippen molar-refractivity contribution in [1.82, 2.24) is 0 Å². The first kappa shape index (κ1) is 19.0. The number of benzene rings is 1. The Labute approximate surface area is 133 Å². The summed E-state index contributed by atoms with van der Waals surface area (Å²) in [6, 6.07) is 6.84. The molecular formula is C16H27BO5. The van der Waals surface area contributed by atoms with Crippen molar-refractivity contribution in [2.45, 2.75) is 58.3 Å². The summed E-state index contributed by atoms with van der Waals surface area (Å²) in [7, 11) is -1.19. The first-order valence-electron chi connectivity index (χ1n) is 8.15. The number of ether oxygens (including phenoxy) is 1. The molecule has 1 aromatic carbocycles. The zero-order valence-electron chi connectivity index (χ0n) is 13.4. The zero-order valence-corrected chi connectivity index (χ0v) is 13.4. The third-order valence-corrected chi connectivity index (χ3v) is 3.61. The maximum atomic E-state index is 8.52. The lowest BCUT2D eigenvalue weighted by Crippen LogP contribution is -2.34. The van der Waals surface area contributed by atoms with Crippen LogP contribution in [0.1, 0.15) is 58.3 Å². The maximum Gasteiger partial charge on any atom is 0.554 e. The molecule has 0 aliphatic heterocycles. The molecule has 0 atom stereocenters. The minimum Gasteiger partial charge on any atom is -0.494 e. The molecule has 2 N–H and O–H groups in total. The molecule has 0 radical (unpaired) electrons. The summed E-state index contributed by atoms with van der Waals surface area (Å²) in [5.74, 6) is 0.751. The van der Waals surface area contributed by atoms with Gasteiger partial charge in [-0.15, -0.1) is 0 Å². The Morgan fingerprint density at radius 1 is 0.818 bits per heavy atom. The molecule has 6 heteroatoms. The van der Waals surface area contributed by atoms with E-state index in [1.54, 1.807) is 24.3 Å². The van der Waals surface area contributed by atoms with E-state index in [1.165, 1.54) is 44.9 Å². The monoisotopic (exact) mass is 310 g/mol. The maximum absolute atomic E-state index is 8.52. The van der Waals surface area contributed by atoms with Crippen LogP contribution in [0.15, 0.2) is 24.3 Å².